The Kier molecular flexibility index (Phi) is 9.28. The number of rotatable bonds is 8. The van der Waals surface area contributed by atoms with Gasteiger partial charge in [0.1, 0.15) is 22.9 Å². The largest absolute Gasteiger partial charge is 0.438 e. The Morgan fingerprint density at radius 2 is 1.68 bits per heavy atom. The van der Waals surface area contributed by atoms with Crippen molar-refractivity contribution in [1.29, 1.82) is 0 Å². The maximum atomic E-state index is 15.5. The Morgan fingerprint density at radius 3 is 2.41 bits per heavy atom. The first-order valence-corrected chi connectivity index (χ1v) is 22.7. The molecule has 16 nitrogen and oxygen atoms in total. The van der Waals surface area contributed by atoms with E-state index in [0.717, 1.165) is 17.3 Å². The van der Waals surface area contributed by atoms with Crippen molar-refractivity contribution in [3.05, 3.63) is 158 Å². The number of pyridine rings is 1. The Morgan fingerprint density at radius 1 is 0.897 bits per heavy atom. The van der Waals surface area contributed by atoms with Crippen LogP contribution in [0.2, 0.25) is 0 Å². The fourth-order valence-corrected chi connectivity index (χ4v) is 10.8. The first-order valence-electron chi connectivity index (χ1n) is 22.7. The number of imidazole rings is 1. The molecular formula is C50H45F2N11O5. The zero-order chi connectivity index (χ0) is 46.9. The van der Waals surface area contributed by atoms with Crippen molar-refractivity contribution in [3.63, 3.8) is 0 Å². The van der Waals surface area contributed by atoms with E-state index in [0.29, 0.717) is 99.2 Å². The molecule has 1 N–H and O–H groups in total. The van der Waals surface area contributed by atoms with E-state index in [9.17, 15) is 9.59 Å². The summed E-state index contributed by atoms with van der Waals surface area (Å²) in [5.41, 5.74) is 5.27. The lowest BCUT2D eigenvalue weighted by Crippen LogP contribution is -2.41. The van der Waals surface area contributed by atoms with Gasteiger partial charge in [-0.05, 0) is 118 Å². The third-order valence-corrected chi connectivity index (χ3v) is 14.4. The molecule has 2 fully saturated rings. The number of carbonyl (C=O) groups excluding carboxylic acids is 1. The Bertz CT molecular complexity index is 3650. The first-order chi connectivity index (χ1) is 32.8. The molecule has 1 saturated heterocycles. The first kappa shape index (κ1) is 41.7. The number of benzene rings is 3. The summed E-state index contributed by atoms with van der Waals surface area (Å²) >= 11 is 0. The molecular weight excluding hydrogens is 873 g/mol. The quantitative estimate of drug-likeness (QED) is 0.162. The lowest BCUT2D eigenvalue weighted by Gasteiger charge is -2.34. The van der Waals surface area contributed by atoms with Crippen LogP contribution in [0.5, 0.6) is 0 Å². The van der Waals surface area contributed by atoms with Crippen molar-refractivity contribution in [2.45, 2.75) is 71.5 Å². The summed E-state index contributed by atoms with van der Waals surface area (Å²) in [6.07, 6.45) is 8.53. The standard InChI is InChI=1S/C50H45F2N11O5/c1-26-18-36(19-27(2)43(26)51)63-45(60-16-15-59(49(60)66)34-7-9-40-33(21-34)24-54-62(40)35-12-17-67-25-35)42-30(5)58(14-11-38(42)56-63)46(64)41-22-32-20-31(37-10-13-53-29(4)44(37)52)6-8-39(32)61(41)50(23-28(50)3)47-55-48(65)68-57-47/h6-10,13,15-16,18-22,24,28,30,35H,11-12,14,17,23,25H2,1-5H3,(H,55,57,65)/t28-,30-,35?,50-/m0/s1. The van der Waals surface area contributed by atoms with E-state index in [-0.39, 0.29) is 41.6 Å². The van der Waals surface area contributed by atoms with E-state index in [4.69, 9.17) is 14.4 Å². The van der Waals surface area contributed by atoms with E-state index in [1.807, 2.05) is 59.5 Å². The summed E-state index contributed by atoms with van der Waals surface area (Å²) in [5.74, 6) is -1.14. The summed E-state index contributed by atoms with van der Waals surface area (Å²) in [6, 6.07) is 17.7. The monoisotopic (exact) mass is 917 g/mol. The van der Waals surface area contributed by atoms with Crippen molar-refractivity contribution in [1.82, 2.24) is 53.3 Å². The minimum atomic E-state index is -0.930. The average Bonchev–Trinajstić information content (AvgIpc) is 4.10. The van der Waals surface area contributed by atoms with Gasteiger partial charge in [0.2, 0.25) is 0 Å². The van der Waals surface area contributed by atoms with Crippen molar-refractivity contribution < 1.29 is 22.8 Å². The van der Waals surface area contributed by atoms with Crippen LogP contribution in [0, 0.1) is 38.3 Å². The van der Waals surface area contributed by atoms with Crippen LogP contribution in [-0.4, -0.2) is 79.0 Å². The van der Waals surface area contributed by atoms with Gasteiger partial charge in [0, 0.05) is 65.6 Å². The molecule has 344 valence electrons. The van der Waals surface area contributed by atoms with Gasteiger partial charge < -0.3 is 14.2 Å². The van der Waals surface area contributed by atoms with Gasteiger partial charge in [0.25, 0.3) is 5.91 Å². The Hall–Kier alpha value is -7.73. The molecule has 9 aromatic rings. The number of fused-ring (bicyclic) bond motifs is 3. The molecule has 8 heterocycles. The van der Waals surface area contributed by atoms with Gasteiger partial charge in [0.05, 0.1) is 53.2 Å². The van der Waals surface area contributed by atoms with Crippen LogP contribution >= 0.6 is 0 Å². The number of aromatic amines is 1. The third kappa shape index (κ3) is 6.15. The van der Waals surface area contributed by atoms with Crippen molar-refractivity contribution in [3.8, 4) is 28.3 Å². The van der Waals surface area contributed by atoms with Crippen LogP contribution in [0.3, 0.4) is 0 Å². The van der Waals surface area contributed by atoms with Gasteiger partial charge in [-0.25, -0.2) is 23.1 Å². The third-order valence-electron chi connectivity index (χ3n) is 14.4. The summed E-state index contributed by atoms with van der Waals surface area (Å²) in [5, 5.41) is 15.5. The number of halogens is 2. The molecule has 18 heteroatoms. The smallest absolute Gasteiger partial charge is 0.379 e. The molecule has 3 aromatic carbocycles. The van der Waals surface area contributed by atoms with Crippen LogP contribution in [-0.2, 0) is 16.7 Å². The minimum absolute atomic E-state index is 0.0575. The number of aryl methyl sites for hydroxylation is 3. The van der Waals surface area contributed by atoms with Gasteiger partial charge in [0.15, 0.2) is 11.6 Å². The molecule has 68 heavy (non-hydrogen) atoms. The number of H-pyrrole nitrogens is 1. The second-order valence-electron chi connectivity index (χ2n) is 18.5. The molecule has 4 atom stereocenters. The zero-order valence-corrected chi connectivity index (χ0v) is 37.8. The molecule has 1 saturated carbocycles. The molecule has 0 bridgehead atoms. The second-order valence-corrected chi connectivity index (χ2v) is 18.5. The SMILES string of the molecule is Cc1cc(-n2nc3c(c2-n2ccn(-c4ccc5c(cnn5C5CCOC5)c4)c2=O)[C@H](C)N(C(=O)c2cc4cc(-c5ccnc(C)c5F)ccc4n2[C@@]2(c4noc(=O)[nH]4)C[C@@H]2C)CC3)cc(C)c1F. The molecule has 3 aliphatic rings. The fraction of sp³-hybridized carbons (Fsp3) is 0.300. The predicted octanol–water partition coefficient (Wildman–Crippen LogP) is 7.56. The Labute approximate surface area is 386 Å². The maximum absolute atomic E-state index is 15.5. The lowest BCUT2D eigenvalue weighted by atomic mass is 9.98. The van der Waals surface area contributed by atoms with Crippen LogP contribution in [0.1, 0.15) is 83.2 Å². The summed E-state index contributed by atoms with van der Waals surface area (Å²) in [6.45, 7) is 10.5. The van der Waals surface area contributed by atoms with E-state index >= 15 is 13.6 Å². The summed E-state index contributed by atoms with van der Waals surface area (Å²) in [7, 11) is 0. The molecule has 2 aliphatic heterocycles. The lowest BCUT2D eigenvalue weighted by molar-refractivity contribution is 0.0663. The predicted molar refractivity (Wildman–Crippen MR) is 247 cm³/mol. The topological polar surface area (TPSA) is 169 Å². The van der Waals surface area contributed by atoms with Gasteiger partial charge in [-0.1, -0.05) is 18.1 Å². The molecule has 1 amide bonds. The van der Waals surface area contributed by atoms with Gasteiger partial charge in [-0.15, -0.1) is 0 Å². The minimum Gasteiger partial charge on any atom is -0.379 e. The van der Waals surface area contributed by atoms with E-state index in [2.05, 4.69) is 20.2 Å². The Balaban J connectivity index is 0.993. The number of hydrogen-bond acceptors (Lipinski definition) is 9. The highest BCUT2D eigenvalue weighted by Crippen LogP contribution is 2.56. The maximum Gasteiger partial charge on any atom is 0.438 e. The molecule has 1 aliphatic carbocycles. The number of amides is 1. The van der Waals surface area contributed by atoms with E-state index in [1.54, 1.807) is 84.0 Å². The average molecular weight is 918 g/mol. The molecule has 12 rings (SSSR count). The highest BCUT2D eigenvalue weighted by Gasteiger charge is 2.59. The highest BCUT2D eigenvalue weighted by molar-refractivity contribution is 6.00. The van der Waals surface area contributed by atoms with Gasteiger partial charge in [-0.3, -0.25) is 33.1 Å². The molecule has 0 radical (unpaired) electrons. The van der Waals surface area contributed by atoms with E-state index < -0.39 is 23.2 Å². The summed E-state index contributed by atoms with van der Waals surface area (Å²) in [4.78, 5) is 51.5. The zero-order valence-electron chi connectivity index (χ0n) is 37.8. The van der Waals surface area contributed by atoms with Gasteiger partial charge in [-0.2, -0.15) is 10.2 Å². The van der Waals surface area contributed by atoms with Crippen LogP contribution in [0.4, 0.5) is 8.78 Å². The number of ether oxygens (including phenoxy) is 1. The van der Waals surface area contributed by atoms with Crippen molar-refractivity contribution >= 4 is 27.7 Å². The van der Waals surface area contributed by atoms with Crippen LogP contribution in [0.25, 0.3) is 50.1 Å². The highest BCUT2D eigenvalue weighted by atomic mass is 19.1. The number of carbonyl (C=O) groups is 1. The fourth-order valence-electron chi connectivity index (χ4n) is 10.8. The second kappa shape index (κ2) is 15.1. The number of hydrogen-bond donors (Lipinski definition) is 1. The van der Waals surface area contributed by atoms with Crippen LogP contribution in [0.15, 0.2) is 99.6 Å². The van der Waals surface area contributed by atoms with E-state index in [1.165, 1.54) is 4.57 Å². The molecule has 6 aromatic heterocycles. The normalized spacial score (nSPS) is 20.2. The van der Waals surface area contributed by atoms with Gasteiger partial charge >= 0.3 is 11.4 Å². The summed E-state index contributed by atoms with van der Waals surface area (Å²) < 4.78 is 50.0. The number of nitrogens with zero attached hydrogens (tertiary/aromatic N) is 10. The van der Waals surface area contributed by atoms with Crippen LogP contribution < -0.4 is 11.4 Å². The number of nitrogens with one attached hydrogen (secondary N) is 1. The molecule has 0 spiro atoms. The van der Waals surface area contributed by atoms with Crippen molar-refractivity contribution in [2.24, 2.45) is 5.92 Å². The van der Waals surface area contributed by atoms with Crippen molar-refractivity contribution in [2.75, 3.05) is 19.8 Å². The molecule has 1 unspecified atom stereocenters. The number of aromatic nitrogens is 10.